The Morgan fingerprint density at radius 2 is 2.37 bits per heavy atom. The molecule has 0 unspecified atom stereocenters. The van der Waals surface area contributed by atoms with Crippen molar-refractivity contribution in [2.75, 3.05) is 26.7 Å². The SMILES string of the molecule is CN(Cc1cccc(Cl)c1)C(=O)CN1CC[C@H](N)C1. The van der Waals surface area contributed by atoms with E-state index >= 15 is 0 Å². The van der Waals surface area contributed by atoms with Gasteiger partial charge in [-0.15, -0.1) is 0 Å². The first-order valence-electron chi connectivity index (χ1n) is 6.51. The number of nitrogens with zero attached hydrogens (tertiary/aromatic N) is 2. The van der Waals surface area contributed by atoms with Crippen molar-refractivity contribution in [1.29, 1.82) is 0 Å². The number of likely N-dealkylation sites (N-methyl/N-ethyl adjacent to an activating group) is 1. The Morgan fingerprint density at radius 1 is 1.58 bits per heavy atom. The fourth-order valence-electron chi connectivity index (χ4n) is 2.32. The Hall–Kier alpha value is -1.10. The van der Waals surface area contributed by atoms with E-state index in [1.807, 2.05) is 31.3 Å². The van der Waals surface area contributed by atoms with Crippen LogP contribution in [0.5, 0.6) is 0 Å². The number of nitrogens with two attached hydrogens (primary N) is 1. The second-order valence-electron chi connectivity index (χ2n) is 5.16. The average molecular weight is 282 g/mol. The fraction of sp³-hybridized carbons (Fsp3) is 0.500. The molecular formula is C14H20ClN3O. The molecule has 1 aromatic carbocycles. The first-order chi connectivity index (χ1) is 9.04. The van der Waals surface area contributed by atoms with Crippen LogP contribution in [0.25, 0.3) is 0 Å². The van der Waals surface area contributed by atoms with E-state index in [1.165, 1.54) is 0 Å². The molecule has 1 atom stereocenters. The summed E-state index contributed by atoms with van der Waals surface area (Å²) in [5, 5.41) is 0.698. The Morgan fingerprint density at radius 3 is 3.00 bits per heavy atom. The Bertz CT molecular complexity index is 452. The lowest BCUT2D eigenvalue weighted by molar-refractivity contribution is -0.131. The highest BCUT2D eigenvalue weighted by atomic mass is 35.5. The number of amides is 1. The number of halogens is 1. The highest BCUT2D eigenvalue weighted by Crippen LogP contribution is 2.13. The summed E-state index contributed by atoms with van der Waals surface area (Å²) in [6.45, 7) is 2.76. The summed E-state index contributed by atoms with van der Waals surface area (Å²) in [4.78, 5) is 15.9. The summed E-state index contributed by atoms with van der Waals surface area (Å²) < 4.78 is 0. The fourth-order valence-corrected chi connectivity index (χ4v) is 2.53. The Kier molecular flexibility index (Phi) is 4.80. The molecule has 4 nitrogen and oxygen atoms in total. The summed E-state index contributed by atoms with van der Waals surface area (Å²) in [5.74, 6) is 0.120. The van der Waals surface area contributed by atoms with Gasteiger partial charge in [0.15, 0.2) is 0 Å². The van der Waals surface area contributed by atoms with Crippen molar-refractivity contribution in [3.63, 3.8) is 0 Å². The van der Waals surface area contributed by atoms with Crippen molar-refractivity contribution < 1.29 is 4.79 Å². The summed E-state index contributed by atoms with van der Waals surface area (Å²) in [6, 6.07) is 7.80. The van der Waals surface area contributed by atoms with Gasteiger partial charge >= 0.3 is 0 Å². The summed E-state index contributed by atoms with van der Waals surface area (Å²) in [6.07, 6.45) is 0.977. The maximum Gasteiger partial charge on any atom is 0.236 e. The number of likely N-dealkylation sites (tertiary alicyclic amines) is 1. The minimum atomic E-state index is 0.120. The topological polar surface area (TPSA) is 49.6 Å². The monoisotopic (exact) mass is 281 g/mol. The van der Waals surface area contributed by atoms with E-state index in [-0.39, 0.29) is 11.9 Å². The summed E-state index contributed by atoms with van der Waals surface area (Å²) >= 11 is 5.94. The van der Waals surface area contributed by atoms with Gasteiger partial charge in [-0.2, -0.15) is 0 Å². The lowest BCUT2D eigenvalue weighted by Gasteiger charge is -2.21. The molecule has 1 aliphatic heterocycles. The molecule has 5 heteroatoms. The number of hydrogen-bond donors (Lipinski definition) is 1. The molecule has 104 valence electrons. The molecule has 0 bridgehead atoms. The number of hydrogen-bond acceptors (Lipinski definition) is 3. The van der Waals surface area contributed by atoms with Crippen LogP contribution in [0.1, 0.15) is 12.0 Å². The van der Waals surface area contributed by atoms with Gasteiger partial charge in [-0.1, -0.05) is 23.7 Å². The van der Waals surface area contributed by atoms with E-state index in [2.05, 4.69) is 4.90 Å². The van der Waals surface area contributed by atoms with Gasteiger partial charge in [0.1, 0.15) is 0 Å². The van der Waals surface area contributed by atoms with Crippen molar-refractivity contribution >= 4 is 17.5 Å². The second kappa shape index (κ2) is 6.37. The maximum absolute atomic E-state index is 12.1. The molecule has 1 heterocycles. The summed E-state index contributed by atoms with van der Waals surface area (Å²) in [7, 11) is 1.82. The molecule has 0 aliphatic carbocycles. The van der Waals surface area contributed by atoms with Gasteiger partial charge < -0.3 is 10.6 Å². The van der Waals surface area contributed by atoms with Crippen LogP contribution in [0.15, 0.2) is 24.3 Å². The van der Waals surface area contributed by atoms with Crippen LogP contribution in [0, 0.1) is 0 Å². The van der Waals surface area contributed by atoms with E-state index in [0.29, 0.717) is 18.1 Å². The molecule has 0 aromatic heterocycles. The third-order valence-electron chi connectivity index (χ3n) is 3.40. The van der Waals surface area contributed by atoms with E-state index < -0.39 is 0 Å². The van der Waals surface area contributed by atoms with Gasteiger partial charge in [-0.3, -0.25) is 9.69 Å². The average Bonchev–Trinajstić information content (AvgIpc) is 2.74. The van der Waals surface area contributed by atoms with Crippen LogP contribution in [-0.2, 0) is 11.3 Å². The zero-order valence-corrected chi connectivity index (χ0v) is 11.9. The molecule has 1 amide bonds. The minimum Gasteiger partial charge on any atom is -0.340 e. The van der Waals surface area contributed by atoms with Gasteiger partial charge in [0.2, 0.25) is 5.91 Å². The third-order valence-corrected chi connectivity index (χ3v) is 3.64. The number of benzene rings is 1. The minimum absolute atomic E-state index is 0.120. The quantitative estimate of drug-likeness (QED) is 0.906. The van der Waals surface area contributed by atoms with Gasteiger partial charge in [0.25, 0.3) is 0 Å². The predicted octanol–water partition coefficient (Wildman–Crippen LogP) is 1.33. The Balaban J connectivity index is 1.85. The standard InChI is InChI=1S/C14H20ClN3O/c1-17(8-11-3-2-4-12(15)7-11)14(19)10-18-6-5-13(16)9-18/h2-4,7,13H,5-6,8-10,16H2,1H3/t13-/m0/s1. The van der Waals surface area contributed by atoms with E-state index in [4.69, 9.17) is 17.3 Å². The molecule has 1 fully saturated rings. The van der Waals surface area contributed by atoms with Crippen molar-refractivity contribution in [1.82, 2.24) is 9.80 Å². The number of rotatable bonds is 4. The molecule has 19 heavy (non-hydrogen) atoms. The zero-order chi connectivity index (χ0) is 13.8. The molecule has 2 rings (SSSR count). The second-order valence-corrected chi connectivity index (χ2v) is 5.60. The maximum atomic E-state index is 12.1. The third kappa shape index (κ3) is 4.20. The van der Waals surface area contributed by atoms with Crippen molar-refractivity contribution in [2.45, 2.75) is 19.0 Å². The van der Waals surface area contributed by atoms with Crippen LogP contribution in [0.2, 0.25) is 5.02 Å². The Labute approximate surface area is 119 Å². The molecular weight excluding hydrogens is 262 g/mol. The van der Waals surface area contributed by atoms with Crippen LogP contribution >= 0.6 is 11.6 Å². The van der Waals surface area contributed by atoms with E-state index in [1.54, 1.807) is 4.90 Å². The van der Waals surface area contributed by atoms with Crippen molar-refractivity contribution in [3.05, 3.63) is 34.9 Å². The molecule has 1 aromatic rings. The molecule has 0 spiro atoms. The first kappa shape index (κ1) is 14.3. The predicted molar refractivity (Wildman–Crippen MR) is 77.0 cm³/mol. The van der Waals surface area contributed by atoms with Crippen LogP contribution in [-0.4, -0.2) is 48.4 Å². The largest absolute Gasteiger partial charge is 0.340 e. The zero-order valence-electron chi connectivity index (χ0n) is 11.2. The smallest absolute Gasteiger partial charge is 0.236 e. The van der Waals surface area contributed by atoms with E-state index in [0.717, 1.165) is 25.1 Å². The highest BCUT2D eigenvalue weighted by Gasteiger charge is 2.22. The first-order valence-corrected chi connectivity index (χ1v) is 6.89. The van der Waals surface area contributed by atoms with Gasteiger partial charge in [-0.25, -0.2) is 0 Å². The molecule has 1 aliphatic rings. The lowest BCUT2D eigenvalue weighted by atomic mass is 10.2. The molecule has 1 saturated heterocycles. The number of carbonyl (C=O) groups excluding carboxylic acids is 1. The van der Waals surface area contributed by atoms with Gasteiger partial charge in [0, 0.05) is 37.7 Å². The number of carbonyl (C=O) groups is 1. The summed E-state index contributed by atoms with van der Waals surface area (Å²) in [5.41, 5.74) is 6.88. The molecule has 0 radical (unpaired) electrons. The van der Waals surface area contributed by atoms with Crippen LogP contribution < -0.4 is 5.73 Å². The molecule has 2 N–H and O–H groups in total. The van der Waals surface area contributed by atoms with Crippen LogP contribution in [0.4, 0.5) is 0 Å². The highest BCUT2D eigenvalue weighted by molar-refractivity contribution is 6.30. The van der Waals surface area contributed by atoms with Crippen molar-refractivity contribution in [2.24, 2.45) is 5.73 Å². The lowest BCUT2D eigenvalue weighted by Crippen LogP contribution is -2.38. The molecule has 0 saturated carbocycles. The van der Waals surface area contributed by atoms with Crippen LogP contribution in [0.3, 0.4) is 0 Å². The van der Waals surface area contributed by atoms with Gasteiger partial charge in [0.05, 0.1) is 6.54 Å². The van der Waals surface area contributed by atoms with E-state index in [9.17, 15) is 4.79 Å². The van der Waals surface area contributed by atoms with Crippen molar-refractivity contribution in [3.8, 4) is 0 Å². The van der Waals surface area contributed by atoms with Gasteiger partial charge in [-0.05, 0) is 24.1 Å². The normalized spacial score (nSPS) is 19.6.